The van der Waals surface area contributed by atoms with Crippen molar-refractivity contribution in [1.82, 2.24) is 10.3 Å². The topological polar surface area (TPSA) is 135 Å². The number of benzene rings is 3. The first-order valence-electron chi connectivity index (χ1n) is 10.3. The highest BCUT2D eigenvalue weighted by molar-refractivity contribution is 6.32. The van der Waals surface area contributed by atoms with Gasteiger partial charge >= 0.3 is 0 Å². The third-order valence-electron chi connectivity index (χ3n) is 5.02. The van der Waals surface area contributed by atoms with Crippen LogP contribution in [0.3, 0.4) is 0 Å². The van der Waals surface area contributed by atoms with Gasteiger partial charge in [-0.15, -0.1) is 0 Å². The van der Waals surface area contributed by atoms with Gasteiger partial charge in [-0.05, 0) is 36.4 Å². The number of hydrogen-bond acceptors (Lipinski definition) is 5. The summed E-state index contributed by atoms with van der Waals surface area (Å²) in [5.41, 5.74) is 13.0. The van der Waals surface area contributed by atoms with Gasteiger partial charge in [0.25, 0.3) is 5.91 Å². The smallest absolute Gasteiger partial charge is 0.267 e. The second-order valence-corrected chi connectivity index (χ2v) is 8.44. The molecule has 0 aliphatic heterocycles. The molecule has 1 aromatic heterocycles. The number of fused-ring (bicyclic) bond motifs is 1. The molecule has 0 bridgehead atoms. The normalized spacial score (nSPS) is 10.9. The fraction of sp³-hybridized carbons (Fsp3) is 0.0833. The molecule has 8 nitrogen and oxygen atoms in total. The van der Waals surface area contributed by atoms with Gasteiger partial charge in [0.1, 0.15) is 11.4 Å². The molecule has 0 saturated heterocycles. The van der Waals surface area contributed by atoms with Gasteiger partial charge in [0, 0.05) is 45.5 Å². The number of nitrogens with two attached hydrogens (primary N) is 2. The lowest BCUT2D eigenvalue weighted by molar-refractivity contribution is -0.114. The van der Waals surface area contributed by atoms with Crippen molar-refractivity contribution in [3.63, 3.8) is 0 Å². The Morgan fingerprint density at radius 2 is 1.86 bits per heavy atom. The summed E-state index contributed by atoms with van der Waals surface area (Å²) >= 11 is 12.1. The van der Waals surface area contributed by atoms with Gasteiger partial charge in [-0.3, -0.25) is 9.59 Å². The van der Waals surface area contributed by atoms with E-state index in [9.17, 15) is 9.59 Å². The number of anilines is 2. The quantitative estimate of drug-likeness (QED) is 0.225. The second-order valence-electron chi connectivity index (χ2n) is 7.59. The Kier molecular flexibility index (Phi) is 7.11. The number of amides is 2. The van der Waals surface area contributed by atoms with E-state index in [0.29, 0.717) is 21.9 Å². The Morgan fingerprint density at radius 3 is 2.60 bits per heavy atom. The van der Waals surface area contributed by atoms with Crippen LogP contribution in [0.25, 0.3) is 10.9 Å². The van der Waals surface area contributed by atoms with Gasteiger partial charge in [0.05, 0.1) is 11.6 Å². The van der Waals surface area contributed by atoms with E-state index in [2.05, 4.69) is 15.6 Å². The number of aromatic nitrogens is 1. The van der Waals surface area contributed by atoms with Crippen molar-refractivity contribution in [3.8, 4) is 11.5 Å². The Morgan fingerprint density at radius 1 is 1.06 bits per heavy atom. The number of ether oxygens (including phenoxy) is 1. The minimum Gasteiger partial charge on any atom is -0.453 e. The number of carbonyl (C=O) groups excluding carboxylic acids is 2. The minimum absolute atomic E-state index is 0.0456. The number of nitrogens with one attached hydrogen (secondary N) is 3. The van der Waals surface area contributed by atoms with Crippen molar-refractivity contribution in [1.29, 1.82) is 0 Å². The summed E-state index contributed by atoms with van der Waals surface area (Å²) in [6, 6.07) is 14.2. The number of rotatable bonds is 7. The summed E-state index contributed by atoms with van der Waals surface area (Å²) < 4.78 is 20.7. The molecule has 0 radical (unpaired) electrons. The minimum atomic E-state index is -0.728. The molecule has 7 N–H and O–H groups in total. The Balaban J connectivity index is 1.49. The molecular weight excluding hydrogens is 496 g/mol. The molecule has 3 aromatic carbocycles. The van der Waals surface area contributed by atoms with E-state index in [1.54, 1.807) is 24.3 Å². The van der Waals surface area contributed by atoms with Crippen LogP contribution < -0.4 is 26.8 Å². The van der Waals surface area contributed by atoms with E-state index < -0.39 is 11.7 Å². The van der Waals surface area contributed by atoms with Crippen LogP contribution in [0.4, 0.5) is 15.8 Å². The average Bonchev–Trinajstić information content (AvgIpc) is 3.24. The van der Waals surface area contributed by atoms with Gasteiger partial charge in [0.2, 0.25) is 5.91 Å². The predicted octanol–water partition coefficient (Wildman–Crippen LogP) is 4.82. The zero-order chi connectivity index (χ0) is 25.1. The van der Waals surface area contributed by atoms with Crippen LogP contribution in [0.2, 0.25) is 10.0 Å². The number of H-pyrrole nitrogens is 1. The number of hydrogen-bond donors (Lipinski definition) is 5. The van der Waals surface area contributed by atoms with E-state index in [1.165, 1.54) is 30.3 Å². The van der Waals surface area contributed by atoms with Crippen molar-refractivity contribution in [3.05, 3.63) is 81.7 Å². The molecule has 2 amide bonds. The third kappa shape index (κ3) is 5.65. The van der Waals surface area contributed by atoms with Crippen molar-refractivity contribution in [2.45, 2.75) is 6.54 Å². The van der Waals surface area contributed by atoms with Crippen LogP contribution in [-0.4, -0.2) is 23.3 Å². The lowest BCUT2D eigenvalue weighted by Crippen LogP contribution is -2.23. The van der Waals surface area contributed by atoms with Crippen molar-refractivity contribution in [2.24, 2.45) is 5.73 Å². The van der Waals surface area contributed by atoms with Gasteiger partial charge in [-0.1, -0.05) is 35.3 Å². The second kappa shape index (κ2) is 10.2. The molecule has 0 atom stereocenters. The molecule has 4 rings (SSSR count). The number of aromatic amines is 1. The highest BCUT2D eigenvalue weighted by atomic mass is 35.5. The molecule has 1 heterocycles. The largest absolute Gasteiger partial charge is 0.453 e. The summed E-state index contributed by atoms with van der Waals surface area (Å²) in [4.78, 5) is 27.2. The lowest BCUT2D eigenvalue weighted by atomic mass is 10.2. The number of carbonyl (C=O) groups is 2. The standard InChI is InChI=1S/C24H20Cl2FN5O3/c25-14-6-15(29)8-17(7-14)35-23-18(26)4-2-13(22(23)27)11-30-24(34)20-5-12-1-3-16(9-19(12)32-20)31-21(33)10-28/h1-9,32H,10-11,28-29H2,(H,30,34)(H,31,33). The number of nitrogen functional groups attached to an aromatic ring is 1. The van der Waals surface area contributed by atoms with Crippen LogP contribution in [0.1, 0.15) is 16.1 Å². The van der Waals surface area contributed by atoms with Crippen LogP contribution >= 0.6 is 23.2 Å². The summed E-state index contributed by atoms with van der Waals surface area (Å²) in [7, 11) is 0. The summed E-state index contributed by atoms with van der Waals surface area (Å²) in [6.07, 6.45) is 0. The maximum absolute atomic E-state index is 15.1. The summed E-state index contributed by atoms with van der Waals surface area (Å²) in [6.45, 7) is -0.263. The van der Waals surface area contributed by atoms with Gasteiger partial charge in [-0.25, -0.2) is 4.39 Å². The van der Waals surface area contributed by atoms with Crippen molar-refractivity contribution in [2.75, 3.05) is 17.6 Å². The first kappa shape index (κ1) is 24.3. The van der Waals surface area contributed by atoms with Crippen LogP contribution in [0.15, 0.2) is 54.6 Å². The SMILES string of the molecule is NCC(=O)Nc1ccc2cc(C(=O)NCc3ccc(Cl)c(Oc4cc(N)cc(Cl)c4)c3F)[nH]c2c1. The highest BCUT2D eigenvalue weighted by Gasteiger charge is 2.17. The molecule has 0 unspecified atom stereocenters. The van der Waals surface area contributed by atoms with E-state index in [-0.39, 0.29) is 46.8 Å². The molecule has 0 aliphatic rings. The predicted molar refractivity (Wildman–Crippen MR) is 135 cm³/mol. The summed E-state index contributed by atoms with van der Waals surface area (Å²) in [5, 5.41) is 6.44. The van der Waals surface area contributed by atoms with Crippen LogP contribution in [0.5, 0.6) is 11.5 Å². The highest BCUT2D eigenvalue weighted by Crippen LogP contribution is 2.35. The van der Waals surface area contributed by atoms with Gasteiger partial charge < -0.3 is 31.8 Å². The Labute approximate surface area is 209 Å². The van der Waals surface area contributed by atoms with E-state index in [1.807, 2.05) is 0 Å². The molecule has 11 heteroatoms. The van der Waals surface area contributed by atoms with Crippen LogP contribution in [-0.2, 0) is 11.3 Å². The maximum Gasteiger partial charge on any atom is 0.267 e. The van der Waals surface area contributed by atoms with Crippen LogP contribution in [0, 0.1) is 5.82 Å². The first-order chi connectivity index (χ1) is 16.7. The van der Waals surface area contributed by atoms with Gasteiger partial charge in [0.15, 0.2) is 11.6 Å². The van der Waals surface area contributed by atoms with Gasteiger partial charge in [-0.2, -0.15) is 0 Å². The average molecular weight is 516 g/mol. The van der Waals surface area contributed by atoms with E-state index in [0.717, 1.165) is 5.39 Å². The molecule has 0 fully saturated rings. The molecule has 0 spiro atoms. The Hall–Kier alpha value is -3.79. The van der Waals surface area contributed by atoms with E-state index >= 15 is 4.39 Å². The third-order valence-corrected chi connectivity index (χ3v) is 5.53. The molecule has 180 valence electrons. The zero-order valence-corrected chi connectivity index (χ0v) is 19.6. The summed E-state index contributed by atoms with van der Waals surface area (Å²) in [5.74, 6) is -1.50. The van der Waals surface area contributed by atoms with Crippen molar-refractivity contribution < 1.29 is 18.7 Å². The fourth-order valence-electron chi connectivity index (χ4n) is 3.37. The maximum atomic E-state index is 15.1. The molecule has 0 saturated carbocycles. The molecular formula is C24H20Cl2FN5O3. The van der Waals surface area contributed by atoms with Crippen molar-refractivity contribution >= 4 is 57.3 Å². The monoisotopic (exact) mass is 515 g/mol. The fourth-order valence-corrected chi connectivity index (χ4v) is 3.79. The molecule has 0 aliphatic carbocycles. The molecule has 4 aromatic rings. The van der Waals surface area contributed by atoms with E-state index in [4.69, 9.17) is 39.4 Å². The zero-order valence-electron chi connectivity index (χ0n) is 18.1. The first-order valence-corrected chi connectivity index (χ1v) is 11.1. The Bertz CT molecular complexity index is 1420. The number of halogens is 3. The lowest BCUT2D eigenvalue weighted by Gasteiger charge is -2.13. The molecule has 35 heavy (non-hydrogen) atoms.